The minimum atomic E-state index is 0.631. The molecule has 2 unspecified atom stereocenters. The van der Waals surface area contributed by atoms with E-state index in [1.807, 2.05) is 17.7 Å². The number of fused-ring (bicyclic) bond motifs is 1. The molecule has 2 aliphatic heterocycles. The van der Waals surface area contributed by atoms with Crippen LogP contribution >= 0.6 is 0 Å². The Hall–Kier alpha value is -1.31. The van der Waals surface area contributed by atoms with Crippen molar-refractivity contribution in [2.75, 3.05) is 13.1 Å². The molecule has 1 aromatic heterocycles. The van der Waals surface area contributed by atoms with Crippen LogP contribution in [0.15, 0.2) is 12.3 Å². The molecular formula is C15H22N4. The van der Waals surface area contributed by atoms with Crippen LogP contribution in [0.2, 0.25) is 0 Å². The van der Waals surface area contributed by atoms with Gasteiger partial charge in [-0.05, 0) is 37.4 Å². The normalized spacial score (nSPS) is 27.2. The number of aryl methyl sites for hydroxylation is 1. The molecule has 4 nitrogen and oxygen atoms in total. The molecule has 0 radical (unpaired) electrons. The molecule has 3 rings (SSSR count). The van der Waals surface area contributed by atoms with E-state index in [0.29, 0.717) is 6.04 Å². The van der Waals surface area contributed by atoms with Crippen LogP contribution in [0, 0.1) is 11.3 Å². The van der Waals surface area contributed by atoms with E-state index >= 15 is 0 Å². The van der Waals surface area contributed by atoms with Gasteiger partial charge in [0.05, 0.1) is 0 Å². The molecule has 1 aromatic rings. The second-order valence-corrected chi connectivity index (χ2v) is 5.83. The highest BCUT2D eigenvalue weighted by Crippen LogP contribution is 2.27. The Labute approximate surface area is 115 Å². The summed E-state index contributed by atoms with van der Waals surface area (Å²) in [6, 6.07) is 5.58. The lowest BCUT2D eigenvalue weighted by molar-refractivity contribution is 0.180. The van der Waals surface area contributed by atoms with Gasteiger partial charge in [0.2, 0.25) is 0 Å². The maximum Gasteiger partial charge on any atom is 0.120 e. The topological polar surface area (TPSA) is 44.0 Å². The van der Waals surface area contributed by atoms with Crippen molar-refractivity contribution in [1.29, 1.82) is 5.26 Å². The first kappa shape index (κ1) is 12.7. The first-order valence-electron chi connectivity index (χ1n) is 7.30. The Kier molecular flexibility index (Phi) is 3.58. The van der Waals surface area contributed by atoms with Gasteiger partial charge in [-0.2, -0.15) is 5.26 Å². The largest absolute Gasteiger partial charge is 0.342 e. The highest BCUT2D eigenvalue weighted by molar-refractivity contribution is 5.28. The van der Waals surface area contributed by atoms with Crippen molar-refractivity contribution < 1.29 is 0 Å². The number of hydrogen-bond acceptors (Lipinski definition) is 3. The predicted molar refractivity (Wildman–Crippen MR) is 74.6 cm³/mol. The average Bonchev–Trinajstić information content (AvgIpc) is 3.00. The summed E-state index contributed by atoms with van der Waals surface area (Å²) in [5.41, 5.74) is 1.95. The molecule has 3 heterocycles. The molecule has 102 valence electrons. The lowest BCUT2D eigenvalue weighted by Gasteiger charge is -2.32. The van der Waals surface area contributed by atoms with Crippen molar-refractivity contribution in [1.82, 2.24) is 14.8 Å². The highest BCUT2D eigenvalue weighted by atomic mass is 15.2. The molecule has 2 saturated heterocycles. The second-order valence-electron chi connectivity index (χ2n) is 5.83. The van der Waals surface area contributed by atoms with Crippen LogP contribution in [0.25, 0.3) is 0 Å². The molecule has 0 aliphatic carbocycles. The maximum atomic E-state index is 8.97. The van der Waals surface area contributed by atoms with Gasteiger partial charge >= 0.3 is 0 Å². The van der Waals surface area contributed by atoms with Crippen LogP contribution in [-0.2, 0) is 13.6 Å². The van der Waals surface area contributed by atoms with Crippen molar-refractivity contribution in [3.05, 3.63) is 23.5 Å². The lowest BCUT2D eigenvalue weighted by Crippen LogP contribution is -2.44. The van der Waals surface area contributed by atoms with E-state index < -0.39 is 0 Å². The van der Waals surface area contributed by atoms with E-state index in [9.17, 15) is 0 Å². The summed E-state index contributed by atoms with van der Waals surface area (Å²) >= 11 is 0. The van der Waals surface area contributed by atoms with Crippen molar-refractivity contribution in [2.45, 2.75) is 44.3 Å². The van der Waals surface area contributed by atoms with E-state index in [1.165, 1.54) is 44.3 Å². The minimum Gasteiger partial charge on any atom is -0.342 e. The van der Waals surface area contributed by atoms with E-state index in [4.69, 9.17) is 5.26 Å². The first-order chi connectivity index (χ1) is 9.28. The summed E-state index contributed by atoms with van der Waals surface area (Å²) in [5.74, 6) is 0. The standard InChI is InChI=1S/C15H22N4/c1-18-11-12(8-13(18)9-16)10-17-14-5-7-19-6-3-2-4-15(14)19/h8,11,14-15,17H,2-7,10H2,1H3. The van der Waals surface area contributed by atoms with Crippen LogP contribution < -0.4 is 5.32 Å². The summed E-state index contributed by atoms with van der Waals surface area (Å²) < 4.78 is 1.90. The zero-order chi connectivity index (χ0) is 13.2. The van der Waals surface area contributed by atoms with Crippen LogP contribution in [0.4, 0.5) is 0 Å². The van der Waals surface area contributed by atoms with Gasteiger partial charge in [-0.25, -0.2) is 0 Å². The molecule has 4 heteroatoms. The monoisotopic (exact) mass is 258 g/mol. The number of hydrogen-bond donors (Lipinski definition) is 1. The number of nitriles is 1. The zero-order valence-corrected chi connectivity index (χ0v) is 11.6. The average molecular weight is 258 g/mol. The predicted octanol–water partition coefficient (Wildman–Crippen LogP) is 1.61. The van der Waals surface area contributed by atoms with Gasteiger partial charge in [0, 0.05) is 38.4 Å². The molecular weight excluding hydrogens is 236 g/mol. The summed E-state index contributed by atoms with van der Waals surface area (Å²) in [5, 5.41) is 12.7. The minimum absolute atomic E-state index is 0.631. The molecule has 0 spiro atoms. The van der Waals surface area contributed by atoms with E-state index in [0.717, 1.165) is 18.3 Å². The Morgan fingerprint density at radius 1 is 1.37 bits per heavy atom. The summed E-state index contributed by atoms with van der Waals surface area (Å²) in [6.07, 6.45) is 7.41. The number of rotatable bonds is 3. The third kappa shape index (κ3) is 2.54. The van der Waals surface area contributed by atoms with Gasteiger partial charge in [0.15, 0.2) is 0 Å². The number of aromatic nitrogens is 1. The van der Waals surface area contributed by atoms with Crippen molar-refractivity contribution >= 4 is 0 Å². The Bertz CT molecular complexity index is 485. The molecule has 0 bridgehead atoms. The van der Waals surface area contributed by atoms with Crippen LogP contribution in [0.5, 0.6) is 0 Å². The summed E-state index contributed by atoms with van der Waals surface area (Å²) in [4.78, 5) is 2.65. The summed E-state index contributed by atoms with van der Waals surface area (Å²) in [7, 11) is 1.93. The van der Waals surface area contributed by atoms with Crippen LogP contribution in [-0.4, -0.2) is 34.6 Å². The Balaban J connectivity index is 1.58. The van der Waals surface area contributed by atoms with Gasteiger partial charge in [-0.1, -0.05) is 6.42 Å². The fraction of sp³-hybridized carbons (Fsp3) is 0.667. The molecule has 2 fully saturated rings. The van der Waals surface area contributed by atoms with Gasteiger partial charge in [0.25, 0.3) is 0 Å². The molecule has 0 aromatic carbocycles. The maximum absolute atomic E-state index is 8.97. The highest BCUT2D eigenvalue weighted by Gasteiger charge is 2.34. The van der Waals surface area contributed by atoms with E-state index in [-0.39, 0.29) is 0 Å². The van der Waals surface area contributed by atoms with Crippen molar-refractivity contribution in [3.8, 4) is 6.07 Å². The van der Waals surface area contributed by atoms with E-state index in [2.05, 4.69) is 22.5 Å². The summed E-state index contributed by atoms with van der Waals surface area (Å²) in [6.45, 7) is 3.41. The number of piperidine rings is 1. The van der Waals surface area contributed by atoms with Gasteiger partial charge in [-0.3, -0.25) is 4.90 Å². The SMILES string of the molecule is Cn1cc(CNC2CCN3CCCCC23)cc1C#N. The van der Waals surface area contributed by atoms with Gasteiger partial charge < -0.3 is 9.88 Å². The quantitative estimate of drug-likeness (QED) is 0.896. The molecule has 1 N–H and O–H groups in total. The molecule has 0 saturated carbocycles. The fourth-order valence-corrected chi connectivity index (χ4v) is 3.58. The van der Waals surface area contributed by atoms with Crippen molar-refractivity contribution in [3.63, 3.8) is 0 Å². The first-order valence-corrected chi connectivity index (χ1v) is 7.30. The third-order valence-corrected chi connectivity index (χ3v) is 4.60. The second kappa shape index (κ2) is 5.36. The Morgan fingerprint density at radius 2 is 2.26 bits per heavy atom. The van der Waals surface area contributed by atoms with Crippen molar-refractivity contribution in [2.24, 2.45) is 7.05 Å². The lowest BCUT2D eigenvalue weighted by atomic mass is 9.99. The number of nitrogens with one attached hydrogen (secondary N) is 1. The molecule has 2 atom stereocenters. The van der Waals surface area contributed by atoms with E-state index in [1.54, 1.807) is 0 Å². The molecule has 2 aliphatic rings. The molecule has 0 amide bonds. The third-order valence-electron chi connectivity index (χ3n) is 4.60. The smallest absolute Gasteiger partial charge is 0.120 e. The zero-order valence-electron chi connectivity index (χ0n) is 11.6. The van der Waals surface area contributed by atoms with Crippen LogP contribution in [0.1, 0.15) is 36.9 Å². The fourth-order valence-electron chi connectivity index (χ4n) is 3.58. The van der Waals surface area contributed by atoms with Crippen LogP contribution in [0.3, 0.4) is 0 Å². The Morgan fingerprint density at radius 3 is 3.05 bits per heavy atom. The molecule has 19 heavy (non-hydrogen) atoms. The number of nitrogens with zero attached hydrogens (tertiary/aromatic N) is 3. The van der Waals surface area contributed by atoms with Gasteiger partial charge in [0.1, 0.15) is 11.8 Å². The van der Waals surface area contributed by atoms with Gasteiger partial charge in [-0.15, -0.1) is 0 Å².